The third kappa shape index (κ3) is 3.99. The lowest BCUT2D eigenvalue weighted by atomic mass is 10.1. The van der Waals surface area contributed by atoms with Crippen LogP contribution in [0.15, 0.2) is 63.7 Å². The summed E-state index contributed by atoms with van der Waals surface area (Å²) in [5, 5.41) is 0. The van der Waals surface area contributed by atoms with Crippen molar-refractivity contribution >= 4 is 39.6 Å². The molecule has 0 radical (unpaired) electrons. The summed E-state index contributed by atoms with van der Waals surface area (Å²) in [6.45, 7) is 6.19. The van der Waals surface area contributed by atoms with Crippen LogP contribution in [0, 0.1) is 0 Å². The third-order valence-electron chi connectivity index (χ3n) is 4.02. The number of cyclic esters (lactones) is 1. The van der Waals surface area contributed by atoms with Gasteiger partial charge in [-0.2, -0.15) is 0 Å². The molecule has 0 bridgehead atoms. The van der Waals surface area contributed by atoms with Gasteiger partial charge in [-0.05, 0) is 55.8 Å². The average Bonchev–Trinajstić information content (AvgIpc) is 2.98. The first-order valence-corrected chi connectivity index (χ1v) is 9.03. The van der Waals surface area contributed by atoms with E-state index in [4.69, 9.17) is 4.74 Å². The summed E-state index contributed by atoms with van der Waals surface area (Å²) in [5.74, 6) is -0.0971. The van der Waals surface area contributed by atoms with E-state index in [2.05, 4.69) is 51.8 Å². The SMILES string of the molecule is CCN(CC)c1ccc(/C=C2\N=C(c3cccc(Br)c3)OC2=O)cc1. The minimum Gasteiger partial charge on any atom is -0.402 e. The van der Waals surface area contributed by atoms with Crippen LogP contribution in [0.5, 0.6) is 0 Å². The normalized spacial score (nSPS) is 15.2. The summed E-state index contributed by atoms with van der Waals surface area (Å²) >= 11 is 3.41. The highest BCUT2D eigenvalue weighted by atomic mass is 79.9. The van der Waals surface area contributed by atoms with Crippen molar-refractivity contribution in [2.75, 3.05) is 18.0 Å². The molecule has 2 aromatic rings. The van der Waals surface area contributed by atoms with Crippen LogP contribution in [0.4, 0.5) is 5.69 Å². The first-order valence-electron chi connectivity index (χ1n) is 8.24. The molecule has 5 heteroatoms. The lowest BCUT2D eigenvalue weighted by molar-refractivity contribution is -0.129. The highest BCUT2D eigenvalue weighted by molar-refractivity contribution is 9.10. The van der Waals surface area contributed by atoms with E-state index in [1.807, 2.05) is 36.4 Å². The second-order valence-corrected chi connectivity index (χ2v) is 6.53. The molecule has 0 atom stereocenters. The van der Waals surface area contributed by atoms with E-state index in [0.29, 0.717) is 11.6 Å². The van der Waals surface area contributed by atoms with Gasteiger partial charge in [-0.15, -0.1) is 0 Å². The summed E-state index contributed by atoms with van der Waals surface area (Å²) in [5.41, 5.74) is 3.16. The molecule has 1 aliphatic heterocycles. The molecule has 0 aromatic heterocycles. The molecule has 1 heterocycles. The lowest BCUT2D eigenvalue weighted by Gasteiger charge is -2.20. The Morgan fingerprint density at radius 2 is 1.84 bits per heavy atom. The Kier molecular flexibility index (Phi) is 5.34. The van der Waals surface area contributed by atoms with Crippen LogP contribution >= 0.6 is 15.9 Å². The number of nitrogens with zero attached hydrogens (tertiary/aromatic N) is 2. The van der Waals surface area contributed by atoms with Gasteiger partial charge in [0, 0.05) is 28.8 Å². The molecule has 0 spiro atoms. The van der Waals surface area contributed by atoms with Gasteiger partial charge in [0.1, 0.15) is 0 Å². The lowest BCUT2D eigenvalue weighted by Crippen LogP contribution is -2.21. The molecule has 1 aliphatic rings. The number of hydrogen-bond acceptors (Lipinski definition) is 4. The van der Waals surface area contributed by atoms with E-state index in [0.717, 1.165) is 28.7 Å². The fraction of sp³-hybridized carbons (Fsp3) is 0.200. The molecule has 25 heavy (non-hydrogen) atoms. The quantitative estimate of drug-likeness (QED) is 0.544. The van der Waals surface area contributed by atoms with Crippen molar-refractivity contribution in [3.05, 3.63) is 69.8 Å². The van der Waals surface area contributed by atoms with Crippen molar-refractivity contribution in [3.8, 4) is 0 Å². The number of anilines is 1. The predicted octanol–water partition coefficient (Wildman–Crippen LogP) is 4.64. The van der Waals surface area contributed by atoms with Crippen molar-refractivity contribution in [2.24, 2.45) is 4.99 Å². The second-order valence-electron chi connectivity index (χ2n) is 5.61. The van der Waals surface area contributed by atoms with Crippen LogP contribution < -0.4 is 4.90 Å². The molecule has 0 amide bonds. The van der Waals surface area contributed by atoms with Crippen LogP contribution in [-0.2, 0) is 9.53 Å². The van der Waals surface area contributed by atoms with E-state index in [9.17, 15) is 4.79 Å². The fourth-order valence-electron chi connectivity index (χ4n) is 2.68. The monoisotopic (exact) mass is 398 g/mol. The molecule has 0 N–H and O–H groups in total. The second kappa shape index (κ2) is 7.66. The first kappa shape index (κ1) is 17.4. The molecule has 0 fully saturated rings. The Hall–Kier alpha value is -2.40. The molecular formula is C20H19BrN2O2. The van der Waals surface area contributed by atoms with Gasteiger partial charge in [-0.25, -0.2) is 9.79 Å². The summed E-state index contributed by atoms with van der Waals surface area (Å²) in [6.07, 6.45) is 1.75. The number of aliphatic imine (C=N–C) groups is 1. The van der Waals surface area contributed by atoms with Gasteiger partial charge in [-0.3, -0.25) is 0 Å². The predicted molar refractivity (Wildman–Crippen MR) is 105 cm³/mol. The van der Waals surface area contributed by atoms with Gasteiger partial charge in [-0.1, -0.05) is 34.1 Å². The van der Waals surface area contributed by atoms with Gasteiger partial charge < -0.3 is 9.64 Å². The van der Waals surface area contributed by atoms with Crippen molar-refractivity contribution in [1.29, 1.82) is 0 Å². The molecule has 0 saturated carbocycles. The van der Waals surface area contributed by atoms with E-state index >= 15 is 0 Å². The number of rotatable bonds is 5. The molecular weight excluding hydrogens is 380 g/mol. The maximum absolute atomic E-state index is 12.1. The summed E-state index contributed by atoms with van der Waals surface area (Å²) in [7, 11) is 0. The highest BCUT2D eigenvalue weighted by Gasteiger charge is 2.24. The molecule has 2 aromatic carbocycles. The Bertz CT molecular complexity index is 837. The summed E-state index contributed by atoms with van der Waals surface area (Å²) < 4.78 is 6.21. The van der Waals surface area contributed by atoms with Gasteiger partial charge in [0.15, 0.2) is 5.70 Å². The Balaban J connectivity index is 1.84. The minimum atomic E-state index is -0.428. The number of ether oxygens (including phenoxy) is 1. The van der Waals surface area contributed by atoms with Crippen LogP contribution in [0.25, 0.3) is 6.08 Å². The average molecular weight is 399 g/mol. The molecule has 128 valence electrons. The molecule has 0 aliphatic carbocycles. The van der Waals surface area contributed by atoms with Crippen molar-refractivity contribution in [2.45, 2.75) is 13.8 Å². The first-order chi connectivity index (χ1) is 12.1. The summed E-state index contributed by atoms with van der Waals surface area (Å²) in [6, 6.07) is 15.6. The number of hydrogen-bond donors (Lipinski definition) is 0. The van der Waals surface area contributed by atoms with Gasteiger partial charge >= 0.3 is 5.97 Å². The van der Waals surface area contributed by atoms with E-state index in [1.165, 1.54) is 5.69 Å². The van der Waals surface area contributed by atoms with Crippen LogP contribution in [-0.4, -0.2) is 25.0 Å². The number of halogens is 1. The fourth-order valence-corrected chi connectivity index (χ4v) is 3.08. The zero-order valence-electron chi connectivity index (χ0n) is 14.2. The maximum atomic E-state index is 12.1. The molecule has 4 nitrogen and oxygen atoms in total. The van der Waals surface area contributed by atoms with Crippen LogP contribution in [0.3, 0.4) is 0 Å². The summed E-state index contributed by atoms with van der Waals surface area (Å²) in [4.78, 5) is 18.7. The van der Waals surface area contributed by atoms with Crippen molar-refractivity contribution in [3.63, 3.8) is 0 Å². The Labute approximate surface area is 156 Å². The number of carbonyl (C=O) groups is 1. The molecule has 0 unspecified atom stereocenters. The number of carbonyl (C=O) groups excluding carboxylic acids is 1. The van der Waals surface area contributed by atoms with E-state index in [1.54, 1.807) is 6.08 Å². The zero-order chi connectivity index (χ0) is 17.8. The molecule has 0 saturated heterocycles. The topological polar surface area (TPSA) is 41.9 Å². The number of esters is 1. The smallest absolute Gasteiger partial charge is 0.363 e. The molecule has 3 rings (SSSR count). The van der Waals surface area contributed by atoms with Crippen LogP contribution in [0.2, 0.25) is 0 Å². The van der Waals surface area contributed by atoms with Gasteiger partial charge in [0.2, 0.25) is 5.90 Å². The van der Waals surface area contributed by atoms with Crippen molar-refractivity contribution < 1.29 is 9.53 Å². The van der Waals surface area contributed by atoms with Gasteiger partial charge in [0.05, 0.1) is 0 Å². The van der Waals surface area contributed by atoms with E-state index in [-0.39, 0.29) is 0 Å². The highest BCUT2D eigenvalue weighted by Crippen LogP contribution is 2.22. The maximum Gasteiger partial charge on any atom is 0.363 e. The third-order valence-corrected chi connectivity index (χ3v) is 4.51. The van der Waals surface area contributed by atoms with Crippen LogP contribution in [0.1, 0.15) is 25.0 Å². The van der Waals surface area contributed by atoms with Gasteiger partial charge in [0.25, 0.3) is 0 Å². The Morgan fingerprint density at radius 1 is 1.12 bits per heavy atom. The Morgan fingerprint density at radius 3 is 2.48 bits per heavy atom. The standard InChI is InChI=1S/C20H19BrN2O2/c1-3-23(4-2)17-10-8-14(9-11-17)12-18-20(24)25-19(22-18)15-6-5-7-16(21)13-15/h5-13H,3-4H2,1-2H3/b18-12-. The zero-order valence-corrected chi connectivity index (χ0v) is 15.8. The van der Waals surface area contributed by atoms with E-state index < -0.39 is 5.97 Å². The largest absolute Gasteiger partial charge is 0.402 e. The minimum absolute atomic E-state index is 0.311. The number of benzene rings is 2. The van der Waals surface area contributed by atoms with Crippen molar-refractivity contribution in [1.82, 2.24) is 0 Å².